The quantitative estimate of drug-likeness (QED) is 0.642. The molecule has 68 valence electrons. The van der Waals surface area contributed by atoms with Crippen molar-refractivity contribution in [2.24, 2.45) is 0 Å². The summed E-state index contributed by atoms with van der Waals surface area (Å²) in [5.41, 5.74) is 1.47. The monoisotopic (exact) mass is 368 g/mol. The predicted octanol–water partition coefficient (Wildman–Crippen LogP) is 4.18. The third-order valence-corrected chi connectivity index (χ3v) is 18.5. The first-order chi connectivity index (χ1) is 4.69. The molecule has 0 fully saturated rings. The third-order valence-electron chi connectivity index (χ3n) is 1.09. The Morgan fingerprint density at radius 3 is 1.55 bits per heavy atom. The molecule has 0 aromatic rings. The van der Waals surface area contributed by atoms with Crippen LogP contribution in [-0.4, -0.2) is 22.9 Å². The van der Waals surface area contributed by atoms with Gasteiger partial charge >= 0.3 is 89.8 Å². The molecule has 0 unspecified atom stereocenters. The van der Waals surface area contributed by atoms with Gasteiger partial charge < -0.3 is 0 Å². The van der Waals surface area contributed by atoms with Gasteiger partial charge in [-0.3, -0.25) is 0 Å². The molecule has 0 aromatic heterocycles. The normalized spacial score (nSPS) is 16.8. The first kappa shape index (κ1) is 12.9. The summed E-state index contributed by atoms with van der Waals surface area (Å²) in [6, 6.07) is 0. The van der Waals surface area contributed by atoms with Crippen LogP contribution >= 0.6 is 38.5 Å². The zero-order valence-corrected chi connectivity index (χ0v) is 12.9. The molecule has 0 aliphatic heterocycles. The van der Waals surface area contributed by atoms with E-state index in [9.17, 15) is 0 Å². The van der Waals surface area contributed by atoms with Crippen LogP contribution in [0.3, 0.4) is 0 Å². The zero-order chi connectivity index (χ0) is 9.28. The van der Waals surface area contributed by atoms with Crippen LogP contribution in [0.5, 0.6) is 0 Å². The van der Waals surface area contributed by atoms with Gasteiger partial charge in [-0.2, -0.15) is 0 Å². The van der Waals surface area contributed by atoms with E-state index in [1.165, 1.54) is 5.54 Å². The third kappa shape index (κ3) is 4.62. The molecule has 0 N–H and O–H groups in total. The van der Waals surface area contributed by atoms with E-state index in [1.807, 2.05) is 0 Å². The van der Waals surface area contributed by atoms with Crippen molar-refractivity contribution in [3.63, 3.8) is 0 Å². The Morgan fingerprint density at radius 2 is 1.55 bits per heavy atom. The van der Waals surface area contributed by atoms with E-state index >= 15 is 0 Å². The van der Waals surface area contributed by atoms with Crippen LogP contribution in [0.4, 0.5) is 0 Å². The molecular weight excluding hydrogens is 358 g/mol. The Kier molecular flexibility index (Phi) is 5.18. The first-order valence-corrected chi connectivity index (χ1v) is 16.9. The van der Waals surface area contributed by atoms with Crippen molar-refractivity contribution < 1.29 is 0 Å². The van der Waals surface area contributed by atoms with E-state index in [0.717, 1.165) is 3.24 Å². The van der Waals surface area contributed by atoms with E-state index in [1.54, 1.807) is 0 Å². The Bertz CT molecular complexity index is 150. The molecule has 0 atom stereocenters. The standard InChI is InChI=1S/C5H10Cl4SiTe/c1-10(2,3)5(4-6)11(7,8)9/h4H,1-3H3/b5-4-. The average Bonchev–Trinajstić information content (AvgIpc) is 1.56. The maximum absolute atomic E-state index is 5.89. The molecular formula is C5H10Cl4SiTe. The van der Waals surface area contributed by atoms with Gasteiger partial charge in [-0.05, 0) is 0 Å². The van der Waals surface area contributed by atoms with Crippen molar-refractivity contribution in [2.75, 3.05) is 0 Å². The molecule has 6 heteroatoms. The van der Waals surface area contributed by atoms with Crippen LogP contribution in [0.2, 0.25) is 19.6 Å². The van der Waals surface area contributed by atoms with Crippen LogP contribution in [0.15, 0.2) is 8.78 Å². The van der Waals surface area contributed by atoms with Gasteiger partial charge in [0.05, 0.1) is 0 Å². The van der Waals surface area contributed by atoms with Crippen LogP contribution in [0.25, 0.3) is 0 Å². The molecule has 11 heavy (non-hydrogen) atoms. The fourth-order valence-corrected chi connectivity index (χ4v) is 25.5. The fourth-order valence-electron chi connectivity index (χ4n) is 0.561. The second-order valence-electron chi connectivity index (χ2n) is 3.13. The molecule has 0 rings (SSSR count). The van der Waals surface area contributed by atoms with Gasteiger partial charge in [-0.1, -0.05) is 0 Å². The Balaban J connectivity index is 4.74. The van der Waals surface area contributed by atoms with Gasteiger partial charge in [0.1, 0.15) is 0 Å². The van der Waals surface area contributed by atoms with Gasteiger partial charge in [0.2, 0.25) is 0 Å². The molecule has 0 saturated heterocycles. The van der Waals surface area contributed by atoms with Crippen LogP contribution in [0, 0.1) is 0 Å². The summed E-state index contributed by atoms with van der Waals surface area (Å²) >= 11 is 2.38. The summed E-state index contributed by atoms with van der Waals surface area (Å²) in [7, 11) is 16.2. The summed E-state index contributed by atoms with van der Waals surface area (Å²) in [6.07, 6.45) is 0. The summed E-state index contributed by atoms with van der Waals surface area (Å²) in [5, 5.41) is 0. The van der Waals surface area contributed by atoms with Gasteiger partial charge in [0, 0.05) is 0 Å². The molecule has 0 aliphatic carbocycles. The van der Waals surface area contributed by atoms with E-state index < -0.39 is 22.9 Å². The van der Waals surface area contributed by atoms with Crippen molar-refractivity contribution in [2.45, 2.75) is 19.6 Å². The average molecular weight is 368 g/mol. The minimum absolute atomic E-state index is 0.923. The predicted molar refractivity (Wildman–Crippen MR) is 60.6 cm³/mol. The Hall–Kier alpha value is 1.91. The molecule has 0 bridgehead atoms. The molecule has 0 radical (unpaired) electrons. The molecule has 0 saturated carbocycles. The molecule has 0 nitrogen and oxygen atoms in total. The van der Waals surface area contributed by atoms with Crippen molar-refractivity contribution in [3.8, 4) is 0 Å². The summed E-state index contributed by atoms with van der Waals surface area (Å²) in [5.74, 6) is 0. The summed E-state index contributed by atoms with van der Waals surface area (Å²) < 4.78 is 0.923. The van der Waals surface area contributed by atoms with Crippen molar-refractivity contribution in [3.05, 3.63) is 8.78 Å². The number of rotatable bonds is 2. The van der Waals surface area contributed by atoms with E-state index in [0.29, 0.717) is 0 Å². The van der Waals surface area contributed by atoms with Gasteiger partial charge in [-0.25, -0.2) is 0 Å². The Labute approximate surface area is 88.9 Å². The van der Waals surface area contributed by atoms with Gasteiger partial charge in [0.15, 0.2) is 0 Å². The first-order valence-electron chi connectivity index (χ1n) is 2.92. The molecule has 0 heterocycles. The van der Waals surface area contributed by atoms with E-state index in [2.05, 4.69) is 19.6 Å². The fraction of sp³-hybridized carbons (Fsp3) is 0.600. The van der Waals surface area contributed by atoms with E-state index in [-0.39, 0.29) is 0 Å². The number of halogens is 4. The summed E-state index contributed by atoms with van der Waals surface area (Å²) in [6.45, 7) is 6.36. The van der Waals surface area contributed by atoms with Crippen LogP contribution < -0.4 is 0 Å². The Morgan fingerprint density at radius 1 is 1.18 bits per heavy atom. The van der Waals surface area contributed by atoms with Crippen molar-refractivity contribution >= 4 is 61.4 Å². The molecule has 0 aliphatic rings. The van der Waals surface area contributed by atoms with Gasteiger partial charge in [-0.15, -0.1) is 0 Å². The second kappa shape index (κ2) is 4.42. The molecule has 0 amide bonds. The zero-order valence-electron chi connectivity index (χ0n) is 6.50. The SMILES string of the molecule is C[Si](C)(C)/C(=C/Cl)[Te](Cl)(Cl)Cl. The summed E-state index contributed by atoms with van der Waals surface area (Å²) in [4.78, 5) is 0. The van der Waals surface area contributed by atoms with Crippen LogP contribution in [-0.2, 0) is 0 Å². The van der Waals surface area contributed by atoms with E-state index in [4.69, 9.17) is 38.5 Å². The second-order valence-corrected chi connectivity index (χ2v) is 25.6. The molecule has 0 spiro atoms. The number of hydrogen-bond acceptors (Lipinski definition) is 0. The molecule has 0 aromatic carbocycles. The van der Waals surface area contributed by atoms with Crippen LogP contribution in [0.1, 0.15) is 0 Å². The maximum atomic E-state index is 5.89. The van der Waals surface area contributed by atoms with Crippen molar-refractivity contribution in [1.29, 1.82) is 0 Å². The topological polar surface area (TPSA) is 0 Å². The minimum atomic E-state index is -3.22. The number of hydrogen-bond donors (Lipinski definition) is 0. The van der Waals surface area contributed by atoms with Crippen molar-refractivity contribution in [1.82, 2.24) is 0 Å². The van der Waals surface area contributed by atoms with Gasteiger partial charge in [0.25, 0.3) is 0 Å².